The molecule has 1 aromatic rings. The molecule has 2 aliphatic carbocycles. The summed E-state index contributed by atoms with van der Waals surface area (Å²) in [4.78, 5) is 20.2. The van der Waals surface area contributed by atoms with Crippen molar-refractivity contribution in [2.24, 2.45) is 10.8 Å². The van der Waals surface area contributed by atoms with Gasteiger partial charge in [0.15, 0.2) is 0 Å². The standard InChI is InChI=1S/C29H45N3O2/c1-27(2)14-10-25(11-15-27)31-18-19-32(26(33)21-31)23-29(34)16-17-30(20-24-8-4-3-5-9-24)22-28(29)12-6-7-13-28/h3-5,8-9,25,34H,6-7,10-23H2,1-2H3. The van der Waals surface area contributed by atoms with Crippen molar-refractivity contribution in [2.45, 2.75) is 89.8 Å². The SMILES string of the molecule is CC1(C)CCC(N2CCN(CC3(O)CCN(Cc4ccccc4)CC34CCCC4)C(=O)C2)CC1. The second-order valence-corrected chi connectivity index (χ2v) is 12.6. The van der Waals surface area contributed by atoms with Gasteiger partial charge in [-0.2, -0.15) is 0 Å². The Kier molecular flexibility index (Phi) is 6.82. The summed E-state index contributed by atoms with van der Waals surface area (Å²) in [6, 6.07) is 11.3. The van der Waals surface area contributed by atoms with Crippen LogP contribution < -0.4 is 0 Å². The van der Waals surface area contributed by atoms with E-state index in [0.717, 1.165) is 52.0 Å². The number of β-amino-alcohol motifs (C(OH)–C–C–N with tert-alkyl or cyclic N) is 1. The molecule has 34 heavy (non-hydrogen) atoms. The van der Waals surface area contributed by atoms with Crippen LogP contribution in [-0.2, 0) is 11.3 Å². The predicted molar refractivity (Wildman–Crippen MR) is 136 cm³/mol. The fraction of sp³-hybridized carbons (Fsp3) is 0.759. The van der Waals surface area contributed by atoms with E-state index in [2.05, 4.69) is 54.0 Å². The van der Waals surface area contributed by atoms with Crippen molar-refractivity contribution in [3.63, 3.8) is 0 Å². The van der Waals surface area contributed by atoms with Crippen LogP contribution in [0.25, 0.3) is 0 Å². The smallest absolute Gasteiger partial charge is 0.236 e. The van der Waals surface area contributed by atoms with Crippen LogP contribution in [0.3, 0.4) is 0 Å². The zero-order valence-electron chi connectivity index (χ0n) is 21.5. The first-order chi connectivity index (χ1) is 16.3. The maximum Gasteiger partial charge on any atom is 0.236 e. The lowest BCUT2D eigenvalue weighted by Gasteiger charge is -2.54. The summed E-state index contributed by atoms with van der Waals surface area (Å²) in [5.41, 5.74) is 0.963. The van der Waals surface area contributed by atoms with Gasteiger partial charge in [-0.25, -0.2) is 0 Å². The fourth-order valence-corrected chi connectivity index (χ4v) is 7.43. The molecular weight excluding hydrogens is 422 g/mol. The Morgan fingerprint density at radius 2 is 1.65 bits per heavy atom. The number of aliphatic hydroxyl groups is 1. The van der Waals surface area contributed by atoms with E-state index in [0.29, 0.717) is 24.5 Å². The molecule has 1 amide bonds. The molecule has 188 valence electrons. The van der Waals surface area contributed by atoms with Crippen LogP contribution in [-0.4, -0.2) is 76.6 Å². The minimum atomic E-state index is -0.761. The van der Waals surface area contributed by atoms with E-state index in [9.17, 15) is 9.90 Å². The molecule has 1 N–H and O–H groups in total. The van der Waals surface area contributed by atoms with Crippen LogP contribution in [0.2, 0.25) is 0 Å². The number of piperidine rings is 1. The lowest BCUT2D eigenvalue weighted by molar-refractivity contribution is -0.164. The van der Waals surface area contributed by atoms with Crippen LogP contribution >= 0.6 is 0 Å². The monoisotopic (exact) mass is 467 g/mol. The third-order valence-corrected chi connectivity index (χ3v) is 9.79. The quantitative estimate of drug-likeness (QED) is 0.702. The normalized spacial score (nSPS) is 30.8. The molecule has 0 aromatic heterocycles. The number of nitrogens with zero attached hydrogens (tertiary/aromatic N) is 3. The molecule has 5 heteroatoms. The molecule has 5 nitrogen and oxygen atoms in total. The first-order valence-electron chi connectivity index (χ1n) is 13.8. The van der Waals surface area contributed by atoms with Gasteiger partial charge < -0.3 is 10.0 Å². The summed E-state index contributed by atoms with van der Waals surface area (Å²) in [5, 5.41) is 12.1. The van der Waals surface area contributed by atoms with Crippen molar-refractivity contribution in [1.29, 1.82) is 0 Å². The lowest BCUT2D eigenvalue weighted by Crippen LogP contribution is -2.65. The maximum absolute atomic E-state index is 13.3. The molecule has 1 unspecified atom stereocenters. The van der Waals surface area contributed by atoms with E-state index < -0.39 is 5.60 Å². The molecule has 2 heterocycles. The van der Waals surface area contributed by atoms with Gasteiger partial charge in [-0.1, -0.05) is 57.0 Å². The zero-order valence-corrected chi connectivity index (χ0v) is 21.5. The van der Waals surface area contributed by atoms with Crippen LogP contribution in [0.1, 0.15) is 77.2 Å². The number of piperazine rings is 1. The molecule has 1 atom stereocenters. The highest BCUT2D eigenvalue weighted by Gasteiger charge is 2.55. The van der Waals surface area contributed by atoms with Crippen molar-refractivity contribution in [1.82, 2.24) is 14.7 Å². The number of amides is 1. The Morgan fingerprint density at radius 1 is 0.941 bits per heavy atom. The molecule has 2 aliphatic heterocycles. The summed E-state index contributed by atoms with van der Waals surface area (Å²) >= 11 is 0. The highest BCUT2D eigenvalue weighted by molar-refractivity contribution is 5.79. The van der Waals surface area contributed by atoms with E-state index in [1.54, 1.807) is 0 Å². The summed E-state index contributed by atoms with van der Waals surface area (Å²) < 4.78 is 0. The Balaban J connectivity index is 1.22. The number of carbonyl (C=O) groups excluding carboxylic acids is 1. The maximum atomic E-state index is 13.3. The molecule has 2 saturated heterocycles. The number of benzene rings is 1. The van der Waals surface area contributed by atoms with Gasteiger partial charge in [0.25, 0.3) is 0 Å². The molecule has 1 aromatic carbocycles. The van der Waals surface area contributed by atoms with Crippen molar-refractivity contribution in [3.05, 3.63) is 35.9 Å². The van der Waals surface area contributed by atoms with Crippen molar-refractivity contribution >= 4 is 5.91 Å². The summed E-state index contributed by atoms with van der Waals surface area (Å²) in [6.45, 7) is 10.3. The molecule has 0 radical (unpaired) electrons. The summed E-state index contributed by atoms with van der Waals surface area (Å²) in [7, 11) is 0. The number of likely N-dealkylation sites (tertiary alicyclic amines) is 1. The van der Waals surface area contributed by atoms with Crippen molar-refractivity contribution in [3.8, 4) is 0 Å². The third-order valence-electron chi connectivity index (χ3n) is 9.79. The molecule has 4 fully saturated rings. The van der Waals surface area contributed by atoms with Gasteiger partial charge in [0, 0.05) is 44.2 Å². The zero-order chi connectivity index (χ0) is 23.8. The Bertz CT molecular complexity index is 840. The summed E-state index contributed by atoms with van der Waals surface area (Å²) in [5.74, 6) is 0.226. The van der Waals surface area contributed by atoms with Gasteiger partial charge in [-0.3, -0.25) is 14.6 Å². The highest BCUT2D eigenvalue weighted by Crippen LogP contribution is 2.51. The topological polar surface area (TPSA) is 47.0 Å². The molecule has 2 saturated carbocycles. The largest absolute Gasteiger partial charge is 0.387 e. The van der Waals surface area contributed by atoms with Gasteiger partial charge in [-0.15, -0.1) is 0 Å². The van der Waals surface area contributed by atoms with Gasteiger partial charge in [0.2, 0.25) is 5.91 Å². The van der Waals surface area contributed by atoms with Crippen molar-refractivity contribution in [2.75, 3.05) is 39.3 Å². The van der Waals surface area contributed by atoms with Gasteiger partial charge in [-0.05, 0) is 55.9 Å². The van der Waals surface area contributed by atoms with Gasteiger partial charge >= 0.3 is 0 Å². The van der Waals surface area contributed by atoms with Crippen LogP contribution in [0.15, 0.2) is 30.3 Å². The second kappa shape index (κ2) is 9.55. The third kappa shape index (κ3) is 4.94. The number of rotatable bonds is 5. The Morgan fingerprint density at radius 3 is 2.32 bits per heavy atom. The average molecular weight is 468 g/mol. The van der Waals surface area contributed by atoms with E-state index >= 15 is 0 Å². The molecule has 4 aliphatic rings. The average Bonchev–Trinajstić information content (AvgIpc) is 3.29. The number of hydrogen-bond acceptors (Lipinski definition) is 4. The van der Waals surface area contributed by atoms with E-state index in [1.165, 1.54) is 44.1 Å². The molecular formula is C29H45N3O2. The predicted octanol–water partition coefficient (Wildman–Crippen LogP) is 4.30. The van der Waals surface area contributed by atoms with Crippen LogP contribution in [0.4, 0.5) is 0 Å². The van der Waals surface area contributed by atoms with Crippen LogP contribution in [0, 0.1) is 10.8 Å². The summed E-state index contributed by atoms with van der Waals surface area (Å²) in [6.07, 6.45) is 10.3. The minimum absolute atomic E-state index is 0.0770. The Hall–Kier alpha value is -1.43. The lowest BCUT2D eigenvalue weighted by atomic mass is 9.65. The Labute approximate surface area is 206 Å². The first-order valence-corrected chi connectivity index (χ1v) is 13.8. The fourth-order valence-electron chi connectivity index (χ4n) is 7.43. The molecule has 0 bridgehead atoms. The van der Waals surface area contributed by atoms with Gasteiger partial charge in [0.05, 0.1) is 18.7 Å². The van der Waals surface area contributed by atoms with E-state index in [4.69, 9.17) is 0 Å². The molecule has 5 rings (SSSR count). The number of hydrogen-bond donors (Lipinski definition) is 1. The van der Waals surface area contributed by atoms with Gasteiger partial charge in [0.1, 0.15) is 0 Å². The molecule has 1 spiro atoms. The second-order valence-electron chi connectivity index (χ2n) is 12.6. The first kappa shape index (κ1) is 24.3. The highest BCUT2D eigenvalue weighted by atomic mass is 16.3. The van der Waals surface area contributed by atoms with E-state index in [-0.39, 0.29) is 11.3 Å². The number of carbonyl (C=O) groups is 1. The van der Waals surface area contributed by atoms with Crippen molar-refractivity contribution < 1.29 is 9.90 Å². The van der Waals surface area contributed by atoms with E-state index in [1.807, 2.05) is 4.90 Å². The van der Waals surface area contributed by atoms with Crippen LogP contribution in [0.5, 0.6) is 0 Å². The minimum Gasteiger partial charge on any atom is -0.387 e.